The number of guanidine groups is 1. The Bertz CT molecular complexity index is 912. The van der Waals surface area contributed by atoms with Crippen molar-refractivity contribution in [3.63, 3.8) is 0 Å². The first-order valence-electron chi connectivity index (χ1n) is 10.2. The molecule has 8 heteroatoms. The molecule has 0 unspecified atom stereocenters. The Kier molecular flexibility index (Phi) is 10.4. The van der Waals surface area contributed by atoms with Crippen molar-refractivity contribution >= 4 is 46.7 Å². The summed E-state index contributed by atoms with van der Waals surface area (Å²) < 4.78 is 13.3. The molecule has 0 atom stereocenters. The van der Waals surface area contributed by atoms with Crippen LogP contribution in [0.1, 0.15) is 25.3 Å². The topological polar surface area (TPSA) is 77.1 Å². The lowest BCUT2D eigenvalue weighted by atomic mass is 10.1. The Hall–Kier alpha value is -2.36. The Morgan fingerprint density at radius 3 is 2.83 bits per heavy atom. The Labute approximate surface area is 194 Å². The van der Waals surface area contributed by atoms with Crippen LogP contribution in [0.25, 0.3) is 10.9 Å². The van der Waals surface area contributed by atoms with Crippen molar-refractivity contribution in [2.75, 3.05) is 31.5 Å². The van der Waals surface area contributed by atoms with E-state index >= 15 is 0 Å². The predicted molar refractivity (Wildman–Crippen MR) is 133 cm³/mol. The number of benzene rings is 1. The van der Waals surface area contributed by atoms with Crippen LogP contribution in [0.2, 0.25) is 0 Å². The van der Waals surface area contributed by atoms with Crippen LogP contribution >= 0.6 is 24.0 Å². The molecular formula is C22H30FIN6. The number of unbranched alkanes of at least 4 members (excludes halogenated alkanes) is 1. The van der Waals surface area contributed by atoms with Gasteiger partial charge in [-0.2, -0.15) is 0 Å². The van der Waals surface area contributed by atoms with Crippen LogP contribution in [0.5, 0.6) is 0 Å². The molecule has 30 heavy (non-hydrogen) atoms. The van der Waals surface area contributed by atoms with E-state index in [1.165, 1.54) is 17.7 Å². The molecule has 0 fully saturated rings. The molecule has 0 saturated carbocycles. The molecule has 162 valence electrons. The van der Waals surface area contributed by atoms with Gasteiger partial charge in [0.1, 0.15) is 11.6 Å². The quantitative estimate of drug-likeness (QED) is 0.138. The van der Waals surface area contributed by atoms with E-state index in [0.717, 1.165) is 68.1 Å². The zero-order chi connectivity index (χ0) is 20.3. The average molecular weight is 524 g/mol. The van der Waals surface area contributed by atoms with E-state index in [4.69, 9.17) is 0 Å². The number of fused-ring (bicyclic) bond motifs is 1. The molecule has 4 N–H and O–H groups in total. The molecule has 0 aliphatic carbocycles. The minimum atomic E-state index is -0.221. The number of hydrogen-bond acceptors (Lipinski definition) is 3. The molecule has 3 rings (SSSR count). The first kappa shape index (κ1) is 23.9. The lowest BCUT2D eigenvalue weighted by molar-refractivity contribution is 0.629. The number of rotatable bonds is 10. The zero-order valence-electron chi connectivity index (χ0n) is 17.2. The van der Waals surface area contributed by atoms with Crippen LogP contribution < -0.4 is 16.0 Å². The van der Waals surface area contributed by atoms with Crippen LogP contribution in [-0.2, 0) is 6.42 Å². The SMILES string of the molecule is CCNC(=NCCCCNc1ccccn1)NCCc1c[nH]c2cc(F)ccc12.I. The van der Waals surface area contributed by atoms with E-state index in [0.29, 0.717) is 0 Å². The monoisotopic (exact) mass is 524 g/mol. The van der Waals surface area contributed by atoms with E-state index < -0.39 is 0 Å². The number of aliphatic imine (C=N–C) groups is 1. The summed E-state index contributed by atoms with van der Waals surface area (Å²) in [7, 11) is 0. The standard InChI is InChI=1S/C22H29FN6.HI/c1-2-24-22(27-13-6-5-12-26-21-7-3-4-11-25-21)28-14-10-17-16-29-20-15-18(23)8-9-19(17)20;/h3-4,7-9,11,15-16,29H,2,5-6,10,12-14H2,1H3,(H,25,26)(H2,24,27,28);1H. The van der Waals surface area contributed by atoms with Crippen molar-refractivity contribution < 1.29 is 4.39 Å². The fourth-order valence-corrected chi connectivity index (χ4v) is 3.13. The van der Waals surface area contributed by atoms with Gasteiger partial charge in [0, 0.05) is 49.5 Å². The molecule has 0 bridgehead atoms. The Balaban J connectivity index is 0.00000320. The zero-order valence-corrected chi connectivity index (χ0v) is 19.6. The first-order chi connectivity index (χ1) is 14.3. The van der Waals surface area contributed by atoms with E-state index in [1.54, 1.807) is 6.20 Å². The maximum Gasteiger partial charge on any atom is 0.191 e. The van der Waals surface area contributed by atoms with Crippen molar-refractivity contribution in [1.82, 2.24) is 20.6 Å². The lowest BCUT2D eigenvalue weighted by Crippen LogP contribution is -2.38. The molecule has 3 aromatic rings. The molecule has 0 radical (unpaired) electrons. The second-order valence-electron chi connectivity index (χ2n) is 6.79. The molecule has 0 aliphatic heterocycles. The van der Waals surface area contributed by atoms with Crippen LogP contribution in [0.3, 0.4) is 0 Å². The normalized spacial score (nSPS) is 11.2. The van der Waals surface area contributed by atoms with Crippen molar-refractivity contribution in [3.05, 3.63) is 60.2 Å². The summed E-state index contributed by atoms with van der Waals surface area (Å²) in [4.78, 5) is 12.0. The van der Waals surface area contributed by atoms with Crippen LogP contribution in [-0.4, -0.2) is 42.1 Å². The average Bonchev–Trinajstić information content (AvgIpc) is 3.13. The van der Waals surface area contributed by atoms with Gasteiger partial charge in [-0.25, -0.2) is 9.37 Å². The van der Waals surface area contributed by atoms with Crippen molar-refractivity contribution in [2.24, 2.45) is 4.99 Å². The Morgan fingerprint density at radius 2 is 2.03 bits per heavy atom. The molecule has 0 aliphatic rings. The fraction of sp³-hybridized carbons (Fsp3) is 0.364. The molecule has 2 aromatic heterocycles. The highest BCUT2D eigenvalue weighted by atomic mass is 127. The van der Waals surface area contributed by atoms with Gasteiger partial charge < -0.3 is 20.9 Å². The minimum Gasteiger partial charge on any atom is -0.370 e. The summed E-state index contributed by atoms with van der Waals surface area (Å²) in [5.41, 5.74) is 2.00. The van der Waals surface area contributed by atoms with E-state index in [2.05, 4.69) is 37.8 Å². The molecule has 0 spiro atoms. The first-order valence-corrected chi connectivity index (χ1v) is 10.2. The summed E-state index contributed by atoms with van der Waals surface area (Å²) in [6.07, 6.45) is 6.61. The minimum absolute atomic E-state index is 0. The maximum absolute atomic E-state index is 13.3. The summed E-state index contributed by atoms with van der Waals surface area (Å²) in [6.45, 7) is 5.29. The van der Waals surface area contributed by atoms with Crippen LogP contribution in [0.15, 0.2) is 53.8 Å². The molecule has 1 aromatic carbocycles. The number of hydrogen-bond donors (Lipinski definition) is 4. The van der Waals surface area contributed by atoms with Crippen molar-refractivity contribution in [2.45, 2.75) is 26.2 Å². The Morgan fingerprint density at radius 1 is 1.13 bits per heavy atom. The van der Waals surface area contributed by atoms with Crippen LogP contribution in [0, 0.1) is 5.82 Å². The molecular weight excluding hydrogens is 494 g/mol. The number of pyridine rings is 1. The van der Waals surface area contributed by atoms with Gasteiger partial charge in [0.05, 0.1) is 0 Å². The number of aromatic amines is 1. The van der Waals surface area contributed by atoms with Crippen molar-refractivity contribution in [1.29, 1.82) is 0 Å². The van der Waals surface area contributed by atoms with Gasteiger partial charge in [-0.15, -0.1) is 24.0 Å². The highest BCUT2D eigenvalue weighted by Gasteiger charge is 2.05. The number of nitrogens with zero attached hydrogens (tertiary/aromatic N) is 2. The second-order valence-corrected chi connectivity index (χ2v) is 6.79. The third kappa shape index (κ3) is 7.47. The van der Waals surface area contributed by atoms with Gasteiger partial charge in [0.25, 0.3) is 0 Å². The van der Waals surface area contributed by atoms with Gasteiger partial charge in [0.2, 0.25) is 0 Å². The number of aromatic nitrogens is 2. The summed E-state index contributed by atoms with van der Waals surface area (Å²) in [5, 5.41) is 11.0. The number of nitrogens with one attached hydrogen (secondary N) is 4. The smallest absolute Gasteiger partial charge is 0.191 e. The highest BCUT2D eigenvalue weighted by Crippen LogP contribution is 2.19. The largest absolute Gasteiger partial charge is 0.370 e. The second kappa shape index (κ2) is 13.0. The molecule has 6 nitrogen and oxygen atoms in total. The fourth-order valence-electron chi connectivity index (χ4n) is 3.13. The summed E-state index contributed by atoms with van der Waals surface area (Å²) in [6, 6.07) is 10.7. The number of anilines is 1. The summed E-state index contributed by atoms with van der Waals surface area (Å²) >= 11 is 0. The molecule has 2 heterocycles. The van der Waals surface area contributed by atoms with E-state index in [9.17, 15) is 4.39 Å². The van der Waals surface area contributed by atoms with Gasteiger partial charge >= 0.3 is 0 Å². The van der Waals surface area contributed by atoms with Crippen molar-refractivity contribution in [3.8, 4) is 0 Å². The highest BCUT2D eigenvalue weighted by molar-refractivity contribution is 14.0. The summed E-state index contributed by atoms with van der Waals surface area (Å²) in [5.74, 6) is 1.52. The maximum atomic E-state index is 13.3. The third-order valence-corrected chi connectivity index (χ3v) is 4.59. The lowest BCUT2D eigenvalue weighted by Gasteiger charge is -2.11. The number of halogens is 2. The molecule has 0 saturated heterocycles. The van der Waals surface area contributed by atoms with E-state index in [-0.39, 0.29) is 29.8 Å². The van der Waals surface area contributed by atoms with Gasteiger partial charge in [-0.1, -0.05) is 6.07 Å². The van der Waals surface area contributed by atoms with E-state index in [1.807, 2.05) is 30.5 Å². The van der Waals surface area contributed by atoms with Gasteiger partial charge in [0.15, 0.2) is 5.96 Å². The van der Waals surface area contributed by atoms with Gasteiger partial charge in [-0.3, -0.25) is 4.99 Å². The third-order valence-electron chi connectivity index (χ3n) is 4.59. The number of H-pyrrole nitrogens is 1. The molecule has 0 amide bonds. The van der Waals surface area contributed by atoms with Crippen LogP contribution in [0.4, 0.5) is 10.2 Å². The predicted octanol–water partition coefficient (Wildman–Crippen LogP) is 4.31. The van der Waals surface area contributed by atoms with Gasteiger partial charge in [-0.05, 0) is 62.1 Å².